The van der Waals surface area contributed by atoms with Crippen molar-refractivity contribution in [1.82, 2.24) is 0 Å². The molecule has 3 heteroatoms. The van der Waals surface area contributed by atoms with Crippen molar-refractivity contribution in [1.29, 1.82) is 0 Å². The van der Waals surface area contributed by atoms with Gasteiger partial charge >= 0.3 is 0 Å². The molecule has 2 aromatic carbocycles. The Morgan fingerprint density at radius 2 is 1.79 bits per heavy atom. The van der Waals surface area contributed by atoms with Gasteiger partial charge in [0.2, 0.25) is 0 Å². The maximum atomic E-state index is 12.9. The molecule has 0 saturated heterocycles. The lowest BCUT2D eigenvalue weighted by Crippen LogP contribution is -2.09. The minimum atomic E-state index is -0.729. The number of halogens is 1. The van der Waals surface area contributed by atoms with Crippen LogP contribution >= 0.6 is 0 Å². The Morgan fingerprint density at radius 3 is 2.58 bits per heavy atom. The number of hydrogen-bond donors (Lipinski definition) is 1. The van der Waals surface area contributed by atoms with Gasteiger partial charge in [0.15, 0.2) is 0 Å². The van der Waals surface area contributed by atoms with E-state index in [1.807, 2.05) is 18.2 Å². The summed E-state index contributed by atoms with van der Waals surface area (Å²) in [5, 5.41) is 10.3. The molecule has 0 saturated carbocycles. The van der Waals surface area contributed by atoms with E-state index in [4.69, 9.17) is 4.74 Å². The van der Waals surface area contributed by atoms with Crippen molar-refractivity contribution in [3.63, 3.8) is 0 Å². The first-order valence-corrected chi connectivity index (χ1v) is 6.43. The molecule has 0 aromatic heterocycles. The Morgan fingerprint density at radius 1 is 1.05 bits per heavy atom. The minimum Gasteiger partial charge on any atom is -0.493 e. The maximum Gasteiger partial charge on any atom is 0.123 e. The molecule has 0 amide bonds. The molecular weight excluding hydrogens is 243 g/mol. The third-order valence-electron chi connectivity index (χ3n) is 3.43. The van der Waals surface area contributed by atoms with E-state index in [2.05, 4.69) is 0 Å². The molecule has 3 rings (SSSR count). The van der Waals surface area contributed by atoms with Gasteiger partial charge in [-0.3, -0.25) is 0 Å². The molecule has 1 heterocycles. The lowest BCUT2D eigenvalue weighted by Gasteiger charge is -2.19. The van der Waals surface area contributed by atoms with Crippen LogP contribution in [0, 0.1) is 5.82 Å². The van der Waals surface area contributed by atoms with Gasteiger partial charge in [0.1, 0.15) is 17.7 Å². The van der Waals surface area contributed by atoms with E-state index in [1.165, 1.54) is 12.1 Å². The van der Waals surface area contributed by atoms with Gasteiger partial charge in [0, 0.05) is 0 Å². The SMILES string of the molecule is OC(c1ccc(F)cc1)c1ccc2c(c1)CCCO2. The lowest BCUT2D eigenvalue weighted by atomic mass is 9.97. The molecular formula is C16H15FO2. The zero-order chi connectivity index (χ0) is 13.2. The van der Waals surface area contributed by atoms with E-state index in [0.29, 0.717) is 5.56 Å². The summed E-state index contributed by atoms with van der Waals surface area (Å²) in [5.41, 5.74) is 2.64. The van der Waals surface area contributed by atoms with Crippen molar-refractivity contribution in [2.45, 2.75) is 18.9 Å². The van der Waals surface area contributed by atoms with Crippen molar-refractivity contribution in [2.24, 2.45) is 0 Å². The smallest absolute Gasteiger partial charge is 0.123 e. The highest BCUT2D eigenvalue weighted by molar-refractivity contribution is 5.41. The summed E-state index contributed by atoms with van der Waals surface area (Å²) in [6.45, 7) is 0.757. The number of aryl methyl sites for hydroxylation is 1. The topological polar surface area (TPSA) is 29.5 Å². The average Bonchev–Trinajstić information content (AvgIpc) is 2.47. The van der Waals surface area contributed by atoms with E-state index in [9.17, 15) is 9.50 Å². The maximum absolute atomic E-state index is 12.9. The Bertz CT molecular complexity index is 578. The molecule has 2 aromatic rings. The lowest BCUT2D eigenvalue weighted by molar-refractivity contribution is 0.219. The van der Waals surface area contributed by atoms with Gasteiger partial charge in [-0.05, 0) is 53.8 Å². The summed E-state index contributed by atoms with van der Waals surface area (Å²) in [6.07, 6.45) is 1.25. The van der Waals surface area contributed by atoms with E-state index < -0.39 is 6.10 Å². The molecule has 98 valence electrons. The van der Waals surface area contributed by atoms with Crippen LogP contribution in [0.4, 0.5) is 4.39 Å². The second-order valence-corrected chi connectivity index (χ2v) is 4.77. The standard InChI is InChI=1S/C16H15FO2/c17-14-6-3-11(4-7-14)16(18)13-5-8-15-12(10-13)2-1-9-19-15/h3-8,10,16,18H,1-2,9H2. The number of ether oxygens (including phenoxy) is 1. The molecule has 1 aliphatic heterocycles. The van der Waals surface area contributed by atoms with Crippen molar-refractivity contribution < 1.29 is 14.2 Å². The normalized spacial score (nSPS) is 15.5. The summed E-state index contributed by atoms with van der Waals surface area (Å²) in [7, 11) is 0. The van der Waals surface area contributed by atoms with Crippen LogP contribution in [0.15, 0.2) is 42.5 Å². The Balaban J connectivity index is 1.91. The third kappa shape index (κ3) is 2.47. The van der Waals surface area contributed by atoms with Gasteiger partial charge in [0.05, 0.1) is 6.61 Å². The summed E-state index contributed by atoms with van der Waals surface area (Å²) >= 11 is 0. The number of aliphatic hydroxyl groups excluding tert-OH is 1. The monoisotopic (exact) mass is 258 g/mol. The van der Waals surface area contributed by atoms with Gasteiger partial charge in [-0.1, -0.05) is 18.2 Å². The Hall–Kier alpha value is -1.87. The van der Waals surface area contributed by atoms with Gasteiger partial charge in [-0.2, -0.15) is 0 Å². The molecule has 1 atom stereocenters. The van der Waals surface area contributed by atoms with Crippen LogP contribution in [0.1, 0.15) is 29.2 Å². The number of hydrogen-bond acceptors (Lipinski definition) is 2. The fourth-order valence-corrected chi connectivity index (χ4v) is 2.39. The first-order chi connectivity index (χ1) is 9.24. The number of rotatable bonds is 2. The van der Waals surface area contributed by atoms with Crippen LogP contribution in [0.3, 0.4) is 0 Å². The fourth-order valence-electron chi connectivity index (χ4n) is 2.39. The highest BCUT2D eigenvalue weighted by Gasteiger charge is 2.15. The van der Waals surface area contributed by atoms with Gasteiger partial charge in [0.25, 0.3) is 0 Å². The van der Waals surface area contributed by atoms with E-state index in [-0.39, 0.29) is 5.82 Å². The molecule has 1 unspecified atom stereocenters. The van der Waals surface area contributed by atoms with Crippen molar-refractivity contribution >= 4 is 0 Å². The first kappa shape index (κ1) is 12.2. The van der Waals surface area contributed by atoms with Crippen LogP contribution in [0.5, 0.6) is 5.75 Å². The average molecular weight is 258 g/mol. The number of benzene rings is 2. The second-order valence-electron chi connectivity index (χ2n) is 4.77. The Labute approximate surface area is 111 Å². The van der Waals surface area contributed by atoms with Crippen LogP contribution in [-0.2, 0) is 6.42 Å². The summed E-state index contributed by atoms with van der Waals surface area (Å²) in [6, 6.07) is 11.7. The van der Waals surface area contributed by atoms with Crippen LogP contribution < -0.4 is 4.74 Å². The molecule has 0 spiro atoms. The van der Waals surface area contributed by atoms with Gasteiger partial charge in [-0.15, -0.1) is 0 Å². The Kier molecular flexibility index (Phi) is 3.22. The van der Waals surface area contributed by atoms with Crippen LogP contribution in [0.25, 0.3) is 0 Å². The molecule has 19 heavy (non-hydrogen) atoms. The van der Waals surface area contributed by atoms with E-state index in [1.54, 1.807) is 12.1 Å². The van der Waals surface area contributed by atoms with E-state index in [0.717, 1.165) is 36.3 Å². The van der Waals surface area contributed by atoms with E-state index >= 15 is 0 Å². The van der Waals surface area contributed by atoms with Crippen LogP contribution in [0.2, 0.25) is 0 Å². The minimum absolute atomic E-state index is 0.296. The number of aliphatic hydroxyl groups is 1. The predicted molar refractivity (Wildman–Crippen MR) is 70.7 cm³/mol. The first-order valence-electron chi connectivity index (χ1n) is 6.43. The second kappa shape index (κ2) is 5.02. The van der Waals surface area contributed by atoms with Crippen LogP contribution in [-0.4, -0.2) is 11.7 Å². The molecule has 0 aliphatic carbocycles. The molecule has 1 aliphatic rings. The fraction of sp³-hybridized carbons (Fsp3) is 0.250. The predicted octanol–water partition coefficient (Wildman–Crippen LogP) is 3.23. The highest BCUT2D eigenvalue weighted by Crippen LogP contribution is 2.30. The van der Waals surface area contributed by atoms with Gasteiger partial charge in [-0.25, -0.2) is 4.39 Å². The largest absolute Gasteiger partial charge is 0.493 e. The zero-order valence-electron chi connectivity index (χ0n) is 10.5. The van der Waals surface area contributed by atoms with Crippen molar-refractivity contribution in [3.05, 3.63) is 65.0 Å². The molecule has 1 N–H and O–H groups in total. The molecule has 2 nitrogen and oxygen atoms in total. The zero-order valence-corrected chi connectivity index (χ0v) is 10.5. The quantitative estimate of drug-likeness (QED) is 0.896. The van der Waals surface area contributed by atoms with Gasteiger partial charge < -0.3 is 9.84 Å². The third-order valence-corrected chi connectivity index (χ3v) is 3.43. The summed E-state index contributed by atoms with van der Waals surface area (Å²) in [5.74, 6) is 0.607. The summed E-state index contributed by atoms with van der Waals surface area (Å²) in [4.78, 5) is 0. The van der Waals surface area contributed by atoms with Crippen molar-refractivity contribution in [3.8, 4) is 5.75 Å². The summed E-state index contributed by atoms with van der Waals surface area (Å²) < 4.78 is 18.4. The molecule has 0 radical (unpaired) electrons. The highest BCUT2D eigenvalue weighted by atomic mass is 19.1. The van der Waals surface area contributed by atoms with Crippen molar-refractivity contribution in [2.75, 3.05) is 6.61 Å². The molecule has 0 bridgehead atoms. The molecule has 0 fully saturated rings. The number of fused-ring (bicyclic) bond motifs is 1.